The van der Waals surface area contributed by atoms with E-state index in [0.29, 0.717) is 37.2 Å². The highest BCUT2D eigenvalue weighted by atomic mass is 16.2. The van der Waals surface area contributed by atoms with Crippen LogP contribution in [0.2, 0.25) is 0 Å². The summed E-state index contributed by atoms with van der Waals surface area (Å²) in [5.41, 5.74) is 7.56. The number of benzene rings is 2. The van der Waals surface area contributed by atoms with E-state index in [1.54, 1.807) is 29.2 Å². The zero-order valence-corrected chi connectivity index (χ0v) is 20.4. The van der Waals surface area contributed by atoms with Gasteiger partial charge in [-0.25, -0.2) is 0 Å². The lowest BCUT2D eigenvalue weighted by Gasteiger charge is -2.32. The third-order valence-electron chi connectivity index (χ3n) is 6.09. The highest BCUT2D eigenvalue weighted by molar-refractivity contribution is 5.98. The number of carbonyl (C=O) groups is 3. The molecule has 37 heavy (non-hydrogen) atoms. The number of hydrogen-bond acceptors (Lipinski definition) is 8. The van der Waals surface area contributed by atoms with E-state index in [-0.39, 0.29) is 35.2 Å². The van der Waals surface area contributed by atoms with Crippen molar-refractivity contribution in [1.82, 2.24) is 20.1 Å². The first-order valence-corrected chi connectivity index (χ1v) is 12.1. The number of anilines is 3. The molecule has 10 heteroatoms. The fourth-order valence-electron chi connectivity index (χ4n) is 4.20. The molecule has 0 unspecified atom stereocenters. The first-order valence-electron chi connectivity index (χ1n) is 12.1. The van der Waals surface area contributed by atoms with Gasteiger partial charge >= 0.3 is 0 Å². The van der Waals surface area contributed by atoms with E-state index in [1.165, 1.54) is 6.08 Å². The topological polar surface area (TPSA) is 143 Å². The fraction of sp³-hybridized carbons (Fsp3) is 0.259. The van der Waals surface area contributed by atoms with Gasteiger partial charge in [0.2, 0.25) is 11.9 Å². The summed E-state index contributed by atoms with van der Waals surface area (Å²) in [5.74, 6) is -0.601. The van der Waals surface area contributed by atoms with Gasteiger partial charge in [-0.3, -0.25) is 14.4 Å². The number of amides is 2. The molecule has 4 N–H and O–H groups in total. The number of piperidine rings is 1. The quantitative estimate of drug-likeness (QED) is 0.285. The Balaban J connectivity index is 1.47. The summed E-state index contributed by atoms with van der Waals surface area (Å²) >= 11 is 0. The third kappa shape index (κ3) is 6.75. The molecular weight excluding hydrogens is 470 g/mol. The predicted octanol–water partition coefficient (Wildman–Crippen LogP) is 3.12. The van der Waals surface area contributed by atoms with Gasteiger partial charge in [-0.2, -0.15) is 4.98 Å². The summed E-state index contributed by atoms with van der Waals surface area (Å²) < 4.78 is 0. The molecule has 1 atom stereocenters. The normalized spacial score (nSPS) is 15.0. The molecule has 190 valence electrons. The zero-order chi connectivity index (χ0) is 26.2. The minimum absolute atomic E-state index is 0.00159. The maximum absolute atomic E-state index is 12.8. The van der Waals surface area contributed by atoms with Crippen LogP contribution < -0.4 is 16.4 Å². The summed E-state index contributed by atoms with van der Waals surface area (Å²) in [5, 5.41) is 14.2. The fourth-order valence-corrected chi connectivity index (χ4v) is 4.20. The number of primary amides is 1. The summed E-state index contributed by atoms with van der Waals surface area (Å²) in [7, 11) is 0. The van der Waals surface area contributed by atoms with Crippen molar-refractivity contribution in [3.8, 4) is 0 Å². The van der Waals surface area contributed by atoms with E-state index in [9.17, 15) is 14.4 Å². The maximum Gasteiger partial charge on any atom is 0.273 e. The molecule has 0 bridgehead atoms. The van der Waals surface area contributed by atoms with Crippen LogP contribution >= 0.6 is 0 Å². The van der Waals surface area contributed by atoms with Gasteiger partial charge in [0.25, 0.3) is 5.91 Å². The van der Waals surface area contributed by atoms with Gasteiger partial charge < -0.3 is 21.3 Å². The van der Waals surface area contributed by atoms with Crippen molar-refractivity contribution < 1.29 is 14.4 Å². The second kappa shape index (κ2) is 11.9. The molecule has 1 fully saturated rings. The molecule has 0 radical (unpaired) electrons. The molecule has 1 aromatic heterocycles. The maximum atomic E-state index is 12.8. The molecule has 2 heterocycles. The molecule has 0 aliphatic carbocycles. The van der Waals surface area contributed by atoms with Crippen LogP contribution in [0.15, 0.2) is 67.3 Å². The van der Waals surface area contributed by atoms with Crippen molar-refractivity contribution in [2.45, 2.75) is 31.7 Å². The Kier molecular flexibility index (Phi) is 8.19. The van der Waals surface area contributed by atoms with Crippen LogP contribution in [0, 0.1) is 0 Å². The molecule has 3 aromatic rings. The molecule has 0 saturated carbocycles. The number of nitrogens with two attached hydrogens (primary N) is 1. The lowest BCUT2D eigenvalue weighted by atomic mass is 10.0. The third-order valence-corrected chi connectivity index (χ3v) is 6.09. The minimum Gasteiger partial charge on any atom is -0.364 e. The lowest BCUT2D eigenvalue weighted by Crippen LogP contribution is -2.44. The van der Waals surface area contributed by atoms with Gasteiger partial charge in [0.05, 0.1) is 0 Å². The minimum atomic E-state index is -0.787. The lowest BCUT2D eigenvalue weighted by molar-refractivity contribution is -0.127. The summed E-state index contributed by atoms with van der Waals surface area (Å²) in [6, 6.07) is 16.7. The Hall–Kier alpha value is -4.60. The summed E-state index contributed by atoms with van der Waals surface area (Å²) in [6.45, 7) is 4.68. The van der Waals surface area contributed by atoms with Gasteiger partial charge in [-0.1, -0.05) is 49.0 Å². The van der Waals surface area contributed by atoms with E-state index >= 15 is 0 Å². The number of carbonyl (C=O) groups excluding carboxylic acids is 3. The Labute approximate surface area is 215 Å². The SMILES string of the molecule is C=CC(=O)N1CCC[C@@H](Nc2nnc(C(N)=O)c(Nc3cccc(C(=O)CCc4ccccc4)c3)n2)C1. The number of aromatic nitrogens is 3. The van der Waals surface area contributed by atoms with E-state index in [0.717, 1.165) is 18.4 Å². The Bertz CT molecular complexity index is 1300. The Morgan fingerprint density at radius 3 is 2.68 bits per heavy atom. The first kappa shape index (κ1) is 25.5. The smallest absolute Gasteiger partial charge is 0.273 e. The Morgan fingerprint density at radius 2 is 1.92 bits per heavy atom. The van der Waals surface area contributed by atoms with Gasteiger partial charge in [0.15, 0.2) is 17.3 Å². The van der Waals surface area contributed by atoms with Crippen LogP contribution in [0.5, 0.6) is 0 Å². The van der Waals surface area contributed by atoms with Crippen molar-refractivity contribution >= 4 is 35.1 Å². The highest BCUT2D eigenvalue weighted by Gasteiger charge is 2.24. The van der Waals surface area contributed by atoms with Crippen molar-refractivity contribution in [3.05, 3.63) is 84.1 Å². The second-order valence-corrected chi connectivity index (χ2v) is 8.78. The average Bonchev–Trinajstić information content (AvgIpc) is 2.92. The highest BCUT2D eigenvalue weighted by Crippen LogP contribution is 2.21. The molecule has 4 rings (SSSR count). The van der Waals surface area contributed by atoms with Crippen molar-refractivity contribution in [2.24, 2.45) is 5.73 Å². The average molecular weight is 500 g/mol. The first-order chi connectivity index (χ1) is 17.9. The number of rotatable bonds is 10. The largest absolute Gasteiger partial charge is 0.364 e. The molecule has 0 spiro atoms. The number of ketones is 1. The van der Waals surface area contributed by atoms with Crippen LogP contribution in [0.1, 0.15) is 45.7 Å². The van der Waals surface area contributed by atoms with Crippen LogP contribution in [-0.4, -0.2) is 56.8 Å². The molecule has 1 aliphatic rings. The Morgan fingerprint density at radius 1 is 1.11 bits per heavy atom. The van der Waals surface area contributed by atoms with Crippen LogP contribution in [0.25, 0.3) is 0 Å². The number of nitrogens with one attached hydrogen (secondary N) is 2. The zero-order valence-electron chi connectivity index (χ0n) is 20.4. The van der Waals surface area contributed by atoms with Gasteiger partial charge in [-0.15, -0.1) is 10.2 Å². The van der Waals surface area contributed by atoms with Gasteiger partial charge in [0.1, 0.15) is 0 Å². The molecule has 2 aromatic carbocycles. The molecular formula is C27H29N7O3. The van der Waals surface area contributed by atoms with Crippen molar-refractivity contribution in [3.63, 3.8) is 0 Å². The van der Waals surface area contributed by atoms with E-state index in [4.69, 9.17) is 5.73 Å². The number of likely N-dealkylation sites (tertiary alicyclic amines) is 1. The summed E-state index contributed by atoms with van der Waals surface area (Å²) in [6.07, 6.45) is 3.95. The molecule has 2 amide bonds. The van der Waals surface area contributed by atoms with E-state index < -0.39 is 5.91 Å². The van der Waals surface area contributed by atoms with Gasteiger partial charge in [0, 0.05) is 36.8 Å². The predicted molar refractivity (Wildman–Crippen MR) is 141 cm³/mol. The summed E-state index contributed by atoms with van der Waals surface area (Å²) in [4.78, 5) is 42.9. The standard InChI is InChI=1S/C27H29N7O3/c1-2-23(36)34-15-7-12-21(17-34)30-27-31-26(24(25(28)37)32-33-27)29-20-11-6-10-19(16-20)22(35)14-13-18-8-4-3-5-9-18/h2-6,8-11,16,21H,1,7,12-15,17H2,(H2,28,37)(H2,29,30,31,33)/t21-/m1/s1. The van der Waals surface area contributed by atoms with Crippen molar-refractivity contribution in [1.29, 1.82) is 0 Å². The second-order valence-electron chi connectivity index (χ2n) is 8.78. The van der Waals surface area contributed by atoms with E-state index in [2.05, 4.69) is 32.4 Å². The number of hydrogen-bond donors (Lipinski definition) is 3. The van der Waals surface area contributed by atoms with Crippen LogP contribution in [-0.2, 0) is 11.2 Å². The number of aryl methyl sites for hydroxylation is 1. The number of Topliss-reactive ketones (excluding diaryl/α,β-unsaturated/α-hetero) is 1. The number of nitrogens with zero attached hydrogens (tertiary/aromatic N) is 4. The molecule has 1 saturated heterocycles. The monoisotopic (exact) mass is 499 g/mol. The molecule has 1 aliphatic heterocycles. The van der Waals surface area contributed by atoms with Crippen LogP contribution in [0.3, 0.4) is 0 Å². The van der Waals surface area contributed by atoms with E-state index in [1.807, 2.05) is 30.3 Å². The molecule has 10 nitrogen and oxygen atoms in total. The van der Waals surface area contributed by atoms with Crippen molar-refractivity contribution in [2.75, 3.05) is 23.7 Å². The van der Waals surface area contributed by atoms with Crippen LogP contribution in [0.4, 0.5) is 17.5 Å². The van der Waals surface area contributed by atoms with Gasteiger partial charge in [-0.05, 0) is 43.0 Å².